The van der Waals surface area contributed by atoms with E-state index in [2.05, 4.69) is 47.3 Å². The van der Waals surface area contributed by atoms with E-state index in [0.29, 0.717) is 5.52 Å². The molecule has 2 heterocycles. The Kier molecular flexibility index (Phi) is 4.47. The van der Waals surface area contributed by atoms with Crippen molar-refractivity contribution in [3.63, 3.8) is 0 Å². The number of nitrogens with zero attached hydrogens (tertiary/aromatic N) is 2. The largest absolute Gasteiger partial charge is 0.505 e. The molecule has 0 saturated heterocycles. The van der Waals surface area contributed by atoms with Crippen molar-refractivity contribution in [3.8, 4) is 5.75 Å². The van der Waals surface area contributed by atoms with E-state index < -0.39 is 0 Å². The Morgan fingerprint density at radius 1 is 0.926 bits per heavy atom. The van der Waals surface area contributed by atoms with E-state index in [9.17, 15) is 5.11 Å². The van der Waals surface area contributed by atoms with Gasteiger partial charge in [-0.3, -0.25) is 9.97 Å². The highest BCUT2D eigenvalue weighted by Gasteiger charge is 2.20. The van der Waals surface area contributed by atoms with Crippen molar-refractivity contribution in [2.75, 3.05) is 5.32 Å². The summed E-state index contributed by atoms with van der Waals surface area (Å²) in [6.07, 6.45) is 5.26. The molecule has 1 atom stereocenters. The first kappa shape index (κ1) is 17.0. The lowest BCUT2D eigenvalue weighted by Crippen LogP contribution is -2.13. The van der Waals surface area contributed by atoms with E-state index in [0.717, 1.165) is 22.2 Å². The van der Waals surface area contributed by atoms with Crippen LogP contribution in [0.3, 0.4) is 0 Å². The van der Waals surface area contributed by atoms with Crippen LogP contribution in [0.15, 0.2) is 73.2 Å². The van der Waals surface area contributed by atoms with Crippen molar-refractivity contribution >= 4 is 16.6 Å². The summed E-state index contributed by atoms with van der Waals surface area (Å²) in [5.41, 5.74) is 5.80. The summed E-state index contributed by atoms with van der Waals surface area (Å²) in [6.45, 7) is 4.19. The van der Waals surface area contributed by atoms with Crippen molar-refractivity contribution < 1.29 is 5.11 Å². The third kappa shape index (κ3) is 3.34. The number of hydrogen-bond acceptors (Lipinski definition) is 4. The van der Waals surface area contributed by atoms with Gasteiger partial charge in [0.05, 0.1) is 6.04 Å². The number of aromatic hydroxyl groups is 1. The Morgan fingerprint density at radius 3 is 2.56 bits per heavy atom. The van der Waals surface area contributed by atoms with Gasteiger partial charge in [0.2, 0.25) is 0 Å². The van der Waals surface area contributed by atoms with Crippen molar-refractivity contribution in [1.82, 2.24) is 9.97 Å². The molecule has 0 aliphatic heterocycles. The molecule has 4 rings (SSSR count). The van der Waals surface area contributed by atoms with Crippen LogP contribution in [0, 0.1) is 13.8 Å². The summed E-state index contributed by atoms with van der Waals surface area (Å²) in [4.78, 5) is 8.62. The number of fused-ring (bicyclic) bond motifs is 1. The van der Waals surface area contributed by atoms with Crippen molar-refractivity contribution in [2.45, 2.75) is 19.9 Å². The Balaban J connectivity index is 1.83. The molecule has 27 heavy (non-hydrogen) atoms. The summed E-state index contributed by atoms with van der Waals surface area (Å²) in [7, 11) is 0. The van der Waals surface area contributed by atoms with Gasteiger partial charge in [0, 0.05) is 35.2 Å². The lowest BCUT2D eigenvalue weighted by Gasteiger charge is -2.22. The fourth-order valence-electron chi connectivity index (χ4n) is 3.26. The molecule has 134 valence electrons. The van der Waals surface area contributed by atoms with Crippen LogP contribution in [0.1, 0.15) is 28.3 Å². The van der Waals surface area contributed by atoms with Crippen LogP contribution in [0.4, 0.5) is 5.69 Å². The molecule has 0 spiro atoms. The maximum absolute atomic E-state index is 10.9. The molecule has 0 fully saturated rings. The Bertz CT molecular complexity index is 1090. The molecule has 0 saturated carbocycles. The topological polar surface area (TPSA) is 58.0 Å². The molecule has 4 aromatic rings. The monoisotopic (exact) mass is 355 g/mol. The van der Waals surface area contributed by atoms with Gasteiger partial charge >= 0.3 is 0 Å². The average Bonchev–Trinajstić information content (AvgIpc) is 2.70. The van der Waals surface area contributed by atoms with E-state index in [1.54, 1.807) is 12.4 Å². The number of nitrogens with one attached hydrogen (secondary N) is 1. The highest BCUT2D eigenvalue weighted by molar-refractivity contribution is 5.86. The molecular weight excluding hydrogens is 334 g/mol. The van der Waals surface area contributed by atoms with Gasteiger partial charge in [0.1, 0.15) is 11.3 Å². The van der Waals surface area contributed by atoms with Crippen molar-refractivity contribution in [3.05, 3.63) is 95.4 Å². The zero-order chi connectivity index (χ0) is 18.8. The SMILES string of the molecule is Cc1ccc(N[C@@H](c2cccnc2)c2ccc3cccnc3c2O)cc1C. The number of benzene rings is 2. The number of pyridine rings is 2. The average molecular weight is 355 g/mol. The van der Waals surface area contributed by atoms with Gasteiger partial charge in [-0.25, -0.2) is 0 Å². The van der Waals surface area contributed by atoms with Gasteiger partial charge in [0.15, 0.2) is 0 Å². The summed E-state index contributed by atoms with van der Waals surface area (Å²) in [5.74, 6) is 0.193. The number of aromatic nitrogens is 2. The van der Waals surface area contributed by atoms with Gasteiger partial charge in [-0.1, -0.05) is 30.3 Å². The number of aryl methyl sites for hydroxylation is 2. The highest BCUT2D eigenvalue weighted by atomic mass is 16.3. The molecule has 0 radical (unpaired) electrons. The van der Waals surface area contributed by atoms with Crippen molar-refractivity contribution in [2.24, 2.45) is 0 Å². The Hall–Kier alpha value is -3.40. The maximum Gasteiger partial charge on any atom is 0.147 e. The molecule has 4 heteroatoms. The van der Waals surface area contributed by atoms with E-state index in [4.69, 9.17) is 0 Å². The van der Waals surface area contributed by atoms with E-state index >= 15 is 0 Å². The molecule has 2 aromatic heterocycles. The molecular formula is C23H21N3O. The predicted octanol–water partition coefficient (Wildman–Crippen LogP) is 5.15. The van der Waals surface area contributed by atoms with E-state index in [-0.39, 0.29) is 11.8 Å². The van der Waals surface area contributed by atoms with Crippen LogP contribution in [-0.4, -0.2) is 15.1 Å². The van der Waals surface area contributed by atoms with Crippen LogP contribution in [-0.2, 0) is 0 Å². The van der Waals surface area contributed by atoms with Gasteiger partial charge in [-0.15, -0.1) is 0 Å². The van der Waals surface area contributed by atoms with Gasteiger partial charge < -0.3 is 10.4 Å². The number of anilines is 1. The number of phenolic OH excluding ortho intramolecular Hbond substituents is 1. The predicted molar refractivity (Wildman–Crippen MR) is 109 cm³/mol. The Morgan fingerprint density at radius 2 is 1.78 bits per heavy atom. The summed E-state index contributed by atoms with van der Waals surface area (Å²) in [5, 5.41) is 15.4. The lowest BCUT2D eigenvalue weighted by molar-refractivity contribution is 0.471. The van der Waals surface area contributed by atoms with Gasteiger partial charge in [-0.05, 0) is 54.8 Å². The minimum atomic E-state index is -0.243. The fourth-order valence-corrected chi connectivity index (χ4v) is 3.26. The quantitative estimate of drug-likeness (QED) is 0.531. The van der Waals surface area contributed by atoms with Crippen LogP contribution in [0.5, 0.6) is 5.75 Å². The number of rotatable bonds is 4. The first-order valence-electron chi connectivity index (χ1n) is 8.94. The minimum absolute atomic E-state index is 0.193. The second kappa shape index (κ2) is 7.08. The first-order valence-corrected chi connectivity index (χ1v) is 8.94. The third-order valence-corrected chi connectivity index (χ3v) is 4.93. The summed E-state index contributed by atoms with van der Waals surface area (Å²) in [6, 6.07) is 17.7. The second-order valence-corrected chi connectivity index (χ2v) is 6.74. The van der Waals surface area contributed by atoms with Crippen LogP contribution >= 0.6 is 0 Å². The normalized spacial score (nSPS) is 12.1. The zero-order valence-corrected chi connectivity index (χ0v) is 15.3. The van der Waals surface area contributed by atoms with Crippen molar-refractivity contribution in [1.29, 1.82) is 0 Å². The maximum atomic E-state index is 10.9. The molecule has 4 nitrogen and oxygen atoms in total. The molecule has 2 N–H and O–H groups in total. The van der Waals surface area contributed by atoms with Crippen LogP contribution in [0.25, 0.3) is 10.9 Å². The standard InChI is InChI=1S/C23H21N3O/c1-15-7-9-19(13-16(15)2)26-21(18-6-3-11-24-14-18)20-10-8-17-5-4-12-25-22(17)23(20)27/h3-14,21,26-27H,1-2H3/t21-/m0/s1. The van der Waals surface area contributed by atoms with Crippen LogP contribution in [0.2, 0.25) is 0 Å². The van der Waals surface area contributed by atoms with Crippen LogP contribution < -0.4 is 5.32 Å². The van der Waals surface area contributed by atoms with E-state index in [1.165, 1.54) is 11.1 Å². The molecule has 0 bridgehead atoms. The number of phenols is 1. The lowest BCUT2D eigenvalue weighted by atomic mass is 9.97. The molecule has 0 amide bonds. The molecule has 2 aromatic carbocycles. The molecule has 0 unspecified atom stereocenters. The van der Waals surface area contributed by atoms with Gasteiger partial charge in [-0.2, -0.15) is 0 Å². The molecule has 0 aliphatic rings. The smallest absolute Gasteiger partial charge is 0.147 e. The summed E-state index contributed by atoms with van der Waals surface area (Å²) >= 11 is 0. The zero-order valence-electron chi connectivity index (χ0n) is 15.3. The highest BCUT2D eigenvalue weighted by Crippen LogP contribution is 2.36. The second-order valence-electron chi connectivity index (χ2n) is 6.74. The third-order valence-electron chi connectivity index (χ3n) is 4.93. The molecule has 0 aliphatic carbocycles. The minimum Gasteiger partial charge on any atom is -0.505 e. The van der Waals surface area contributed by atoms with E-state index in [1.807, 2.05) is 42.6 Å². The summed E-state index contributed by atoms with van der Waals surface area (Å²) < 4.78 is 0. The fraction of sp³-hybridized carbons (Fsp3) is 0.130. The van der Waals surface area contributed by atoms with Gasteiger partial charge in [0.25, 0.3) is 0 Å². The Labute approximate surface area is 158 Å². The first-order chi connectivity index (χ1) is 13.1. The number of hydrogen-bond donors (Lipinski definition) is 2.